The molecule has 0 bridgehead atoms. The number of anilines is 1. The van der Waals surface area contributed by atoms with Crippen LogP contribution in [0.1, 0.15) is 38.4 Å². The Balaban J connectivity index is 0.000000960. The molecule has 0 atom stereocenters. The molecule has 0 aliphatic carbocycles. The molecule has 0 radical (unpaired) electrons. The summed E-state index contributed by atoms with van der Waals surface area (Å²) in [6, 6.07) is 1.86. The van der Waals surface area contributed by atoms with Gasteiger partial charge in [-0.15, -0.1) is 10.1 Å². The van der Waals surface area contributed by atoms with E-state index in [1.807, 2.05) is 19.9 Å². The van der Waals surface area contributed by atoms with Crippen molar-refractivity contribution in [1.29, 1.82) is 0 Å². The van der Waals surface area contributed by atoms with Crippen LogP contribution in [-0.4, -0.2) is 59.8 Å². The molecule has 0 unspecified atom stereocenters. The van der Waals surface area contributed by atoms with Gasteiger partial charge in [-0.2, -0.15) is 0 Å². The van der Waals surface area contributed by atoms with E-state index < -0.39 is 5.09 Å². The smallest absolute Gasteiger partial charge is 0.291 e. The van der Waals surface area contributed by atoms with Crippen LogP contribution in [0, 0.1) is 10.1 Å². The fourth-order valence-electron chi connectivity index (χ4n) is 2.58. The monoisotopic (exact) mass is 412 g/mol. The number of methoxy groups -OCH3 is 3. The highest BCUT2D eigenvalue weighted by Gasteiger charge is 2.21. The Morgan fingerprint density at radius 3 is 2.24 bits per heavy atom. The van der Waals surface area contributed by atoms with Crippen molar-refractivity contribution in [2.24, 2.45) is 0 Å². The SMILES string of the molecule is COc1cc2c(NCCCCO)nc(C(C)C)nc2c(OC)c1OC.O=[N+]([O-])O. The largest absolute Gasteiger partial charge is 0.493 e. The average Bonchev–Trinajstić information content (AvgIpc) is 2.68. The highest BCUT2D eigenvalue weighted by Crippen LogP contribution is 2.44. The average molecular weight is 412 g/mol. The Bertz CT molecular complexity index is 811. The van der Waals surface area contributed by atoms with Gasteiger partial charge in [-0.25, -0.2) is 9.97 Å². The number of unbranched alkanes of at least 4 members (excludes halogenated alkanes) is 1. The number of aliphatic hydroxyl groups excluding tert-OH is 1. The van der Waals surface area contributed by atoms with Crippen LogP contribution in [0.25, 0.3) is 10.9 Å². The van der Waals surface area contributed by atoms with E-state index in [9.17, 15) is 0 Å². The van der Waals surface area contributed by atoms with Crippen molar-refractivity contribution in [3.8, 4) is 17.2 Å². The zero-order valence-corrected chi connectivity index (χ0v) is 17.3. The minimum absolute atomic E-state index is 0.167. The van der Waals surface area contributed by atoms with Gasteiger partial charge in [0.25, 0.3) is 5.09 Å². The van der Waals surface area contributed by atoms with Gasteiger partial charge in [0.15, 0.2) is 11.5 Å². The van der Waals surface area contributed by atoms with Gasteiger partial charge in [0.1, 0.15) is 17.2 Å². The lowest BCUT2D eigenvalue weighted by Gasteiger charge is -2.18. The summed E-state index contributed by atoms with van der Waals surface area (Å²) in [4.78, 5) is 17.7. The second kappa shape index (κ2) is 11.7. The number of nitrogens with zero attached hydrogens (tertiary/aromatic N) is 3. The zero-order valence-electron chi connectivity index (χ0n) is 17.3. The summed E-state index contributed by atoms with van der Waals surface area (Å²) >= 11 is 0. The number of benzene rings is 1. The van der Waals surface area contributed by atoms with Gasteiger partial charge < -0.3 is 29.8 Å². The standard InChI is InChI=1S/C18H27N3O4.HNO3/c1-11(2)17-20-14-12(18(21-17)19-8-6-7-9-22)10-13(23-3)15(24-4)16(14)25-5;2-1(3)4/h10-11,22H,6-9H2,1-5H3,(H,19,20,21);(H,2,3,4). The van der Waals surface area contributed by atoms with Crippen molar-refractivity contribution in [2.45, 2.75) is 32.6 Å². The van der Waals surface area contributed by atoms with Crippen molar-refractivity contribution < 1.29 is 29.6 Å². The lowest BCUT2D eigenvalue weighted by atomic mass is 10.1. The van der Waals surface area contributed by atoms with Crippen molar-refractivity contribution in [3.05, 3.63) is 22.0 Å². The molecule has 0 saturated heterocycles. The van der Waals surface area contributed by atoms with Crippen molar-refractivity contribution in [2.75, 3.05) is 39.8 Å². The van der Waals surface area contributed by atoms with Crippen molar-refractivity contribution in [1.82, 2.24) is 9.97 Å². The summed E-state index contributed by atoms with van der Waals surface area (Å²) in [6.45, 7) is 4.98. The Labute approximate surface area is 168 Å². The maximum atomic E-state index is 8.95. The summed E-state index contributed by atoms with van der Waals surface area (Å²) in [7, 11) is 4.74. The first-order chi connectivity index (χ1) is 13.8. The number of hydrogen-bond donors (Lipinski definition) is 3. The molecule has 2 rings (SSSR count). The molecule has 0 aliphatic rings. The molecule has 162 valence electrons. The lowest BCUT2D eigenvalue weighted by molar-refractivity contribution is -0.742. The van der Waals surface area contributed by atoms with Crippen LogP contribution in [0.15, 0.2) is 6.07 Å². The third kappa shape index (κ3) is 6.49. The molecule has 2 aromatic rings. The molecular weight excluding hydrogens is 384 g/mol. The summed E-state index contributed by atoms with van der Waals surface area (Å²) in [5.74, 6) is 3.22. The van der Waals surface area contributed by atoms with E-state index in [2.05, 4.69) is 15.3 Å². The van der Waals surface area contributed by atoms with Gasteiger partial charge in [-0.05, 0) is 18.9 Å². The zero-order chi connectivity index (χ0) is 22.0. The number of rotatable bonds is 9. The van der Waals surface area contributed by atoms with Gasteiger partial charge in [0.2, 0.25) is 5.75 Å². The lowest BCUT2D eigenvalue weighted by Crippen LogP contribution is -2.09. The number of nitrogens with one attached hydrogen (secondary N) is 1. The first-order valence-corrected chi connectivity index (χ1v) is 8.99. The minimum atomic E-state index is -1.50. The molecule has 11 nitrogen and oxygen atoms in total. The molecule has 3 N–H and O–H groups in total. The molecule has 29 heavy (non-hydrogen) atoms. The maximum absolute atomic E-state index is 8.95. The summed E-state index contributed by atoms with van der Waals surface area (Å²) in [6.07, 6.45) is 1.59. The summed E-state index contributed by atoms with van der Waals surface area (Å²) < 4.78 is 16.5. The Kier molecular flexibility index (Phi) is 9.66. The maximum Gasteiger partial charge on any atom is 0.291 e. The van der Waals surface area contributed by atoms with Gasteiger partial charge in [0.05, 0.1) is 26.7 Å². The van der Waals surface area contributed by atoms with Crippen LogP contribution in [0.2, 0.25) is 0 Å². The number of aromatic nitrogens is 2. The van der Waals surface area contributed by atoms with E-state index in [4.69, 9.17) is 34.6 Å². The third-order valence-electron chi connectivity index (χ3n) is 3.91. The van der Waals surface area contributed by atoms with Crippen LogP contribution in [0.3, 0.4) is 0 Å². The Morgan fingerprint density at radius 1 is 1.14 bits per heavy atom. The van der Waals surface area contributed by atoms with E-state index in [0.717, 1.165) is 29.9 Å². The molecule has 0 fully saturated rings. The van der Waals surface area contributed by atoms with Crippen LogP contribution in [-0.2, 0) is 0 Å². The Hall–Kier alpha value is -3.08. The molecular formula is C18H28N4O7. The fourth-order valence-corrected chi connectivity index (χ4v) is 2.58. The van der Waals surface area contributed by atoms with E-state index in [0.29, 0.717) is 29.3 Å². The predicted molar refractivity (Wildman–Crippen MR) is 107 cm³/mol. The first kappa shape index (κ1) is 24.0. The van der Waals surface area contributed by atoms with Crippen LogP contribution in [0.5, 0.6) is 17.2 Å². The normalized spacial score (nSPS) is 10.3. The number of aliphatic hydroxyl groups is 1. The molecule has 1 heterocycles. The van der Waals surface area contributed by atoms with Gasteiger partial charge >= 0.3 is 0 Å². The van der Waals surface area contributed by atoms with Gasteiger partial charge in [-0.1, -0.05) is 13.8 Å². The fraction of sp³-hybridized carbons (Fsp3) is 0.556. The molecule has 0 spiro atoms. The summed E-state index contributed by atoms with van der Waals surface area (Å²) in [5, 5.41) is 26.7. The predicted octanol–water partition coefficient (Wildman–Crippen LogP) is 2.62. The van der Waals surface area contributed by atoms with E-state index in [-0.39, 0.29) is 12.5 Å². The molecule has 1 aromatic heterocycles. The molecule has 0 aliphatic heterocycles. The molecule has 1 aromatic carbocycles. The highest BCUT2D eigenvalue weighted by atomic mass is 16.9. The summed E-state index contributed by atoms with van der Waals surface area (Å²) in [5.41, 5.74) is 0.684. The van der Waals surface area contributed by atoms with Crippen LogP contribution < -0.4 is 19.5 Å². The van der Waals surface area contributed by atoms with Crippen LogP contribution in [0.4, 0.5) is 5.82 Å². The quantitative estimate of drug-likeness (QED) is 0.319. The second-order valence-corrected chi connectivity index (χ2v) is 6.22. The number of fused-ring (bicyclic) bond motifs is 1. The van der Waals surface area contributed by atoms with Crippen LogP contribution >= 0.6 is 0 Å². The topological polar surface area (TPSA) is 149 Å². The molecule has 0 amide bonds. The van der Waals surface area contributed by atoms with E-state index >= 15 is 0 Å². The first-order valence-electron chi connectivity index (χ1n) is 8.99. The van der Waals surface area contributed by atoms with E-state index in [1.54, 1.807) is 21.3 Å². The Morgan fingerprint density at radius 2 is 1.76 bits per heavy atom. The third-order valence-corrected chi connectivity index (χ3v) is 3.91. The van der Waals surface area contributed by atoms with Gasteiger partial charge in [0, 0.05) is 19.1 Å². The van der Waals surface area contributed by atoms with Gasteiger partial charge in [-0.3, -0.25) is 0 Å². The van der Waals surface area contributed by atoms with Crippen molar-refractivity contribution in [3.63, 3.8) is 0 Å². The molecule has 11 heteroatoms. The highest BCUT2D eigenvalue weighted by molar-refractivity contribution is 5.97. The second-order valence-electron chi connectivity index (χ2n) is 6.22. The number of ether oxygens (including phenoxy) is 3. The minimum Gasteiger partial charge on any atom is -0.493 e. The van der Waals surface area contributed by atoms with E-state index in [1.165, 1.54) is 0 Å². The number of hydrogen-bond acceptors (Lipinski definition) is 9. The molecule has 0 saturated carbocycles. The van der Waals surface area contributed by atoms with Crippen molar-refractivity contribution >= 4 is 16.7 Å².